The summed E-state index contributed by atoms with van der Waals surface area (Å²) in [7, 11) is 3.48. The Hall–Kier alpha value is -1.89. The van der Waals surface area contributed by atoms with Gasteiger partial charge in [-0.3, -0.25) is 4.99 Å². The molecule has 0 spiro atoms. The zero-order valence-electron chi connectivity index (χ0n) is 15.8. The van der Waals surface area contributed by atoms with E-state index in [9.17, 15) is 4.39 Å². The summed E-state index contributed by atoms with van der Waals surface area (Å²) in [4.78, 5) is 10.4. The number of halogens is 1. The molecule has 1 aromatic rings. The molecular weight excluding hydrogens is 321 g/mol. The van der Waals surface area contributed by atoms with E-state index >= 15 is 0 Å². The van der Waals surface area contributed by atoms with Crippen molar-refractivity contribution < 1.29 is 9.13 Å². The van der Waals surface area contributed by atoms with Gasteiger partial charge in [-0.25, -0.2) is 9.37 Å². The van der Waals surface area contributed by atoms with Crippen molar-refractivity contribution in [3.8, 4) is 0 Å². The minimum atomic E-state index is -0.279. The van der Waals surface area contributed by atoms with Gasteiger partial charge in [0.25, 0.3) is 0 Å². The molecule has 140 valence electrons. The van der Waals surface area contributed by atoms with Gasteiger partial charge >= 0.3 is 0 Å². The first kappa shape index (κ1) is 19.4. The average molecular weight is 351 g/mol. The van der Waals surface area contributed by atoms with Gasteiger partial charge in [0.15, 0.2) is 17.6 Å². The Kier molecular flexibility index (Phi) is 6.58. The van der Waals surface area contributed by atoms with E-state index in [-0.39, 0.29) is 23.4 Å². The second-order valence-electron chi connectivity index (χ2n) is 7.43. The normalized spacial score (nSPS) is 19.8. The second kappa shape index (κ2) is 8.47. The Balaban J connectivity index is 1.88. The summed E-state index contributed by atoms with van der Waals surface area (Å²) in [5, 5.41) is 6.73. The molecular formula is C18H30FN5O. The minimum Gasteiger partial charge on any atom is -0.379 e. The van der Waals surface area contributed by atoms with E-state index < -0.39 is 0 Å². The fourth-order valence-corrected chi connectivity index (χ4v) is 3.00. The number of rotatable bonds is 5. The molecule has 1 aliphatic rings. The molecule has 0 aromatic carbocycles. The van der Waals surface area contributed by atoms with Crippen LogP contribution in [0.5, 0.6) is 0 Å². The second-order valence-corrected chi connectivity index (χ2v) is 7.43. The standard InChI is InChI=1S/C18H30FN5O/c1-18(2,3)15(25-5)11-22-17(20-4)23-13-8-10-24(12-13)16-14(19)7-6-9-21-16/h6-7,9,13,15H,8,10-12H2,1-5H3,(H2,20,22,23). The highest BCUT2D eigenvalue weighted by atomic mass is 19.1. The number of hydrogen-bond donors (Lipinski definition) is 2. The predicted octanol–water partition coefficient (Wildman–Crippen LogP) is 2.03. The number of nitrogens with zero attached hydrogens (tertiary/aromatic N) is 3. The smallest absolute Gasteiger partial charge is 0.191 e. The van der Waals surface area contributed by atoms with E-state index in [1.165, 1.54) is 6.07 Å². The third kappa shape index (κ3) is 5.29. The Morgan fingerprint density at radius 1 is 1.52 bits per heavy atom. The lowest BCUT2D eigenvalue weighted by Gasteiger charge is -2.30. The zero-order valence-corrected chi connectivity index (χ0v) is 15.8. The average Bonchev–Trinajstić information content (AvgIpc) is 3.01. The van der Waals surface area contributed by atoms with Crippen molar-refractivity contribution in [1.29, 1.82) is 0 Å². The van der Waals surface area contributed by atoms with Crippen molar-refractivity contribution in [2.75, 3.05) is 38.7 Å². The fourth-order valence-electron chi connectivity index (χ4n) is 3.00. The number of methoxy groups -OCH3 is 1. The first-order valence-corrected chi connectivity index (χ1v) is 8.70. The van der Waals surface area contributed by atoms with Crippen LogP contribution < -0.4 is 15.5 Å². The molecule has 2 unspecified atom stereocenters. The van der Waals surface area contributed by atoms with Crippen molar-refractivity contribution in [3.63, 3.8) is 0 Å². The number of ether oxygens (including phenoxy) is 1. The lowest BCUT2D eigenvalue weighted by molar-refractivity contribution is 0.0205. The molecule has 0 radical (unpaired) electrons. The van der Waals surface area contributed by atoms with Crippen molar-refractivity contribution in [1.82, 2.24) is 15.6 Å². The molecule has 7 heteroatoms. The Labute approximate surface area is 149 Å². The lowest BCUT2D eigenvalue weighted by atomic mass is 9.89. The molecule has 2 heterocycles. The molecule has 0 aliphatic carbocycles. The number of pyridine rings is 1. The van der Waals surface area contributed by atoms with Gasteiger partial charge in [0.2, 0.25) is 0 Å². The number of aromatic nitrogens is 1. The van der Waals surface area contributed by atoms with E-state index in [4.69, 9.17) is 4.74 Å². The van der Waals surface area contributed by atoms with Gasteiger partial charge in [-0.15, -0.1) is 0 Å². The third-order valence-electron chi connectivity index (χ3n) is 4.50. The summed E-state index contributed by atoms with van der Waals surface area (Å²) in [6.45, 7) is 8.58. The van der Waals surface area contributed by atoms with Crippen LogP contribution >= 0.6 is 0 Å². The number of anilines is 1. The topological polar surface area (TPSA) is 61.8 Å². The highest BCUT2D eigenvalue weighted by Crippen LogP contribution is 2.22. The number of guanidine groups is 1. The first-order valence-electron chi connectivity index (χ1n) is 8.70. The van der Waals surface area contributed by atoms with Crippen LogP contribution in [0.2, 0.25) is 0 Å². The van der Waals surface area contributed by atoms with Gasteiger partial charge in [-0.2, -0.15) is 0 Å². The lowest BCUT2D eigenvalue weighted by Crippen LogP contribution is -2.48. The Bertz CT molecular complexity index is 587. The first-order chi connectivity index (χ1) is 11.8. The minimum absolute atomic E-state index is 0.0429. The molecule has 2 rings (SSSR count). The highest BCUT2D eigenvalue weighted by Gasteiger charge is 2.27. The molecule has 0 amide bonds. The van der Waals surface area contributed by atoms with Gasteiger partial charge in [-0.1, -0.05) is 20.8 Å². The molecule has 2 atom stereocenters. The van der Waals surface area contributed by atoms with Crippen LogP contribution in [0.1, 0.15) is 27.2 Å². The maximum absolute atomic E-state index is 13.9. The Morgan fingerprint density at radius 3 is 2.88 bits per heavy atom. The summed E-state index contributed by atoms with van der Waals surface area (Å²) in [5.74, 6) is 0.875. The van der Waals surface area contributed by atoms with Crippen LogP contribution in [0.15, 0.2) is 23.3 Å². The van der Waals surface area contributed by atoms with E-state index in [2.05, 4.69) is 41.4 Å². The van der Waals surface area contributed by atoms with Gasteiger partial charge in [-0.05, 0) is 24.0 Å². The molecule has 1 aliphatic heterocycles. The summed E-state index contributed by atoms with van der Waals surface area (Å²) in [5.41, 5.74) is 0.0429. The molecule has 0 saturated carbocycles. The van der Waals surface area contributed by atoms with Gasteiger partial charge in [0.05, 0.1) is 6.10 Å². The summed E-state index contributed by atoms with van der Waals surface area (Å²) in [6, 6.07) is 3.25. The predicted molar refractivity (Wildman–Crippen MR) is 99.6 cm³/mol. The zero-order chi connectivity index (χ0) is 18.4. The van der Waals surface area contributed by atoms with Crippen LogP contribution in [0.25, 0.3) is 0 Å². The van der Waals surface area contributed by atoms with Crippen LogP contribution in [0, 0.1) is 11.2 Å². The van der Waals surface area contributed by atoms with Crippen molar-refractivity contribution in [3.05, 3.63) is 24.1 Å². The van der Waals surface area contributed by atoms with Gasteiger partial charge in [0.1, 0.15) is 0 Å². The number of hydrogen-bond acceptors (Lipinski definition) is 4. The van der Waals surface area contributed by atoms with Crippen molar-refractivity contribution >= 4 is 11.8 Å². The Morgan fingerprint density at radius 2 is 2.28 bits per heavy atom. The quantitative estimate of drug-likeness (QED) is 0.628. The van der Waals surface area contributed by atoms with Gasteiger partial charge in [0, 0.05) is 46.0 Å². The SMILES string of the molecule is CN=C(NCC(OC)C(C)(C)C)NC1CCN(c2ncccc2F)C1. The third-order valence-corrected chi connectivity index (χ3v) is 4.50. The van der Waals surface area contributed by atoms with Crippen LogP contribution in [-0.2, 0) is 4.74 Å². The van der Waals surface area contributed by atoms with E-state index in [0.29, 0.717) is 18.9 Å². The summed E-state index contributed by atoms with van der Waals surface area (Å²) < 4.78 is 19.4. The maximum atomic E-state index is 13.9. The fraction of sp³-hybridized carbons (Fsp3) is 0.667. The van der Waals surface area contributed by atoms with Crippen LogP contribution in [-0.4, -0.2) is 56.9 Å². The molecule has 2 N–H and O–H groups in total. The summed E-state index contributed by atoms with van der Waals surface area (Å²) >= 11 is 0. The van der Waals surface area contributed by atoms with E-state index in [1.807, 2.05) is 4.90 Å². The molecule has 0 bridgehead atoms. The molecule has 1 saturated heterocycles. The maximum Gasteiger partial charge on any atom is 0.191 e. The van der Waals surface area contributed by atoms with Crippen molar-refractivity contribution in [2.45, 2.75) is 39.3 Å². The van der Waals surface area contributed by atoms with Crippen LogP contribution in [0.4, 0.5) is 10.2 Å². The molecule has 1 fully saturated rings. The van der Waals surface area contributed by atoms with Crippen LogP contribution in [0.3, 0.4) is 0 Å². The van der Waals surface area contributed by atoms with E-state index in [0.717, 1.165) is 18.9 Å². The van der Waals surface area contributed by atoms with Gasteiger partial charge < -0.3 is 20.3 Å². The monoisotopic (exact) mass is 351 g/mol. The molecule has 1 aromatic heterocycles. The van der Waals surface area contributed by atoms with E-state index in [1.54, 1.807) is 26.4 Å². The van der Waals surface area contributed by atoms with Crippen molar-refractivity contribution in [2.24, 2.45) is 10.4 Å². The number of nitrogens with one attached hydrogen (secondary N) is 2. The molecule has 25 heavy (non-hydrogen) atoms. The largest absolute Gasteiger partial charge is 0.379 e. The number of aliphatic imine (C=N–C) groups is 1. The summed E-state index contributed by atoms with van der Waals surface area (Å²) in [6.07, 6.45) is 2.61. The highest BCUT2D eigenvalue weighted by molar-refractivity contribution is 5.80. The molecule has 6 nitrogen and oxygen atoms in total.